The van der Waals surface area contributed by atoms with Gasteiger partial charge in [-0.05, 0) is 68.1 Å². The van der Waals surface area contributed by atoms with Crippen LogP contribution < -0.4 is 5.32 Å². The topological polar surface area (TPSA) is 80.1 Å². The minimum atomic E-state index is -1.06. The number of rotatable bonds is 4. The van der Waals surface area contributed by atoms with E-state index in [4.69, 9.17) is 0 Å². The van der Waals surface area contributed by atoms with Crippen molar-refractivity contribution in [1.82, 2.24) is 25.2 Å². The summed E-state index contributed by atoms with van der Waals surface area (Å²) < 4.78 is 28.0. The fraction of sp³-hybridized carbons (Fsp3) is 0.304. The molecule has 2 aromatic carbocycles. The van der Waals surface area contributed by atoms with Gasteiger partial charge in [-0.1, -0.05) is 11.3 Å². The molecule has 4 rings (SSSR count). The molecule has 1 aromatic heterocycles. The Kier molecular flexibility index (Phi) is 5.98. The molecule has 2 heterocycles. The molecule has 0 unspecified atom stereocenters. The normalized spacial score (nSPS) is 14.4. The van der Waals surface area contributed by atoms with Gasteiger partial charge in [-0.15, -0.1) is 5.10 Å². The molecule has 0 atom stereocenters. The summed E-state index contributed by atoms with van der Waals surface area (Å²) in [4.78, 5) is 26.8. The molecule has 1 N–H and O–H groups in total. The average molecular weight is 439 g/mol. The maximum Gasteiger partial charge on any atom is 0.276 e. The zero-order chi connectivity index (χ0) is 22.8. The van der Waals surface area contributed by atoms with Crippen molar-refractivity contribution in [3.05, 3.63) is 76.6 Å². The molecule has 0 bridgehead atoms. The highest BCUT2D eigenvalue weighted by Crippen LogP contribution is 2.17. The van der Waals surface area contributed by atoms with E-state index in [0.29, 0.717) is 25.9 Å². The molecule has 1 aliphatic heterocycles. The third kappa shape index (κ3) is 4.66. The van der Waals surface area contributed by atoms with Crippen molar-refractivity contribution in [2.45, 2.75) is 32.7 Å². The number of nitrogens with one attached hydrogen (secondary N) is 1. The molecule has 1 saturated heterocycles. The monoisotopic (exact) mass is 439 g/mol. The van der Waals surface area contributed by atoms with Crippen molar-refractivity contribution >= 4 is 11.8 Å². The van der Waals surface area contributed by atoms with E-state index in [9.17, 15) is 18.4 Å². The summed E-state index contributed by atoms with van der Waals surface area (Å²) in [6.07, 6.45) is 2.71. The molecular formula is C23H23F2N5O2. The Labute approximate surface area is 184 Å². The quantitative estimate of drug-likeness (QED) is 0.677. The second kappa shape index (κ2) is 8.86. The van der Waals surface area contributed by atoms with E-state index in [1.54, 1.807) is 15.8 Å². The Bertz CT molecular complexity index is 1150. The lowest BCUT2D eigenvalue weighted by molar-refractivity contribution is 0.0692. The number of carbonyl (C=O) groups excluding carboxylic acids is 2. The van der Waals surface area contributed by atoms with Crippen LogP contribution in [0.25, 0.3) is 5.69 Å². The molecule has 9 heteroatoms. The van der Waals surface area contributed by atoms with Gasteiger partial charge in [-0.2, -0.15) is 0 Å². The van der Waals surface area contributed by atoms with Gasteiger partial charge in [0.15, 0.2) is 17.3 Å². The predicted octanol–water partition coefficient (Wildman–Crippen LogP) is 3.20. The van der Waals surface area contributed by atoms with Gasteiger partial charge in [0.1, 0.15) is 0 Å². The van der Waals surface area contributed by atoms with Crippen molar-refractivity contribution < 1.29 is 18.4 Å². The zero-order valence-corrected chi connectivity index (χ0v) is 17.8. The fourth-order valence-corrected chi connectivity index (χ4v) is 3.87. The van der Waals surface area contributed by atoms with E-state index >= 15 is 0 Å². The zero-order valence-electron chi connectivity index (χ0n) is 17.8. The fourth-order valence-electron chi connectivity index (χ4n) is 3.87. The van der Waals surface area contributed by atoms with Gasteiger partial charge in [0.25, 0.3) is 11.8 Å². The Balaban J connectivity index is 1.35. The first-order chi connectivity index (χ1) is 15.3. The molecule has 166 valence electrons. The summed E-state index contributed by atoms with van der Waals surface area (Å²) in [6, 6.07) is 8.88. The Morgan fingerprint density at radius 1 is 1.00 bits per heavy atom. The molecule has 0 radical (unpaired) electrons. The Morgan fingerprint density at radius 2 is 1.69 bits per heavy atom. The third-order valence-corrected chi connectivity index (χ3v) is 5.48. The molecule has 0 saturated carbocycles. The standard InChI is InChI=1S/C23H23F2N5O2/c1-14-9-15(2)11-18(10-14)30-13-21(27-28-30)23(32)29-7-5-17(6-8-29)26-22(31)16-3-4-19(24)20(25)12-16/h3-4,9-13,17H,5-8H2,1-2H3,(H,26,31). The minimum absolute atomic E-state index is 0.0606. The van der Waals surface area contributed by atoms with Gasteiger partial charge in [-0.3, -0.25) is 9.59 Å². The highest BCUT2D eigenvalue weighted by Gasteiger charge is 2.26. The molecule has 2 amide bonds. The van der Waals surface area contributed by atoms with Crippen molar-refractivity contribution in [1.29, 1.82) is 0 Å². The summed E-state index contributed by atoms with van der Waals surface area (Å²) >= 11 is 0. The van der Waals surface area contributed by atoms with Crippen LogP contribution in [-0.4, -0.2) is 50.8 Å². The summed E-state index contributed by atoms with van der Waals surface area (Å²) in [5.74, 6) is -2.74. The predicted molar refractivity (Wildman–Crippen MR) is 114 cm³/mol. The first-order valence-electron chi connectivity index (χ1n) is 10.4. The third-order valence-electron chi connectivity index (χ3n) is 5.48. The second-order valence-corrected chi connectivity index (χ2v) is 8.06. The minimum Gasteiger partial charge on any atom is -0.349 e. The first-order valence-corrected chi connectivity index (χ1v) is 10.4. The van der Waals surface area contributed by atoms with Gasteiger partial charge in [0, 0.05) is 24.7 Å². The number of benzene rings is 2. The number of halogens is 2. The highest BCUT2D eigenvalue weighted by molar-refractivity contribution is 5.94. The number of hydrogen-bond donors (Lipinski definition) is 1. The van der Waals surface area contributed by atoms with Gasteiger partial charge >= 0.3 is 0 Å². The molecule has 3 aromatic rings. The van der Waals surface area contributed by atoms with Crippen molar-refractivity contribution in [3.63, 3.8) is 0 Å². The second-order valence-electron chi connectivity index (χ2n) is 8.06. The summed E-state index contributed by atoms with van der Waals surface area (Å²) in [6.45, 7) is 4.87. The molecular weight excluding hydrogens is 416 g/mol. The number of piperidine rings is 1. The van der Waals surface area contributed by atoms with Gasteiger partial charge in [-0.25, -0.2) is 13.5 Å². The van der Waals surface area contributed by atoms with Crippen molar-refractivity contribution in [2.75, 3.05) is 13.1 Å². The number of aryl methyl sites for hydroxylation is 2. The van der Waals surface area contributed by atoms with Crippen LogP contribution in [0.1, 0.15) is 44.8 Å². The van der Waals surface area contributed by atoms with Crippen LogP contribution in [0.2, 0.25) is 0 Å². The van der Waals surface area contributed by atoms with E-state index < -0.39 is 17.5 Å². The number of carbonyl (C=O) groups is 2. The van der Waals surface area contributed by atoms with Crippen LogP contribution >= 0.6 is 0 Å². The van der Waals surface area contributed by atoms with Crippen LogP contribution in [0.3, 0.4) is 0 Å². The number of amides is 2. The lowest BCUT2D eigenvalue weighted by Crippen LogP contribution is -2.46. The Morgan fingerprint density at radius 3 is 2.34 bits per heavy atom. The maximum atomic E-state index is 13.4. The summed E-state index contributed by atoms with van der Waals surface area (Å²) in [7, 11) is 0. The number of likely N-dealkylation sites (tertiary alicyclic amines) is 1. The maximum absolute atomic E-state index is 13.4. The molecule has 0 spiro atoms. The number of nitrogens with zero attached hydrogens (tertiary/aromatic N) is 4. The largest absolute Gasteiger partial charge is 0.349 e. The molecule has 0 aliphatic carbocycles. The van der Waals surface area contributed by atoms with E-state index in [1.807, 2.05) is 26.0 Å². The van der Waals surface area contributed by atoms with Crippen LogP contribution in [-0.2, 0) is 0 Å². The SMILES string of the molecule is Cc1cc(C)cc(-n2cc(C(=O)N3CCC(NC(=O)c4ccc(F)c(F)c4)CC3)nn2)c1. The number of aromatic nitrogens is 3. The molecule has 1 fully saturated rings. The van der Waals surface area contributed by atoms with Crippen LogP contribution in [0.4, 0.5) is 8.78 Å². The van der Waals surface area contributed by atoms with E-state index in [2.05, 4.69) is 21.7 Å². The summed E-state index contributed by atoms with van der Waals surface area (Å²) in [5.41, 5.74) is 3.35. The van der Waals surface area contributed by atoms with Crippen molar-refractivity contribution in [2.24, 2.45) is 0 Å². The number of hydrogen-bond acceptors (Lipinski definition) is 4. The molecule has 1 aliphatic rings. The molecule has 7 nitrogen and oxygen atoms in total. The average Bonchev–Trinajstić information content (AvgIpc) is 3.25. The Hall–Kier alpha value is -3.62. The highest BCUT2D eigenvalue weighted by atomic mass is 19.2. The van der Waals surface area contributed by atoms with Gasteiger partial charge < -0.3 is 10.2 Å². The van der Waals surface area contributed by atoms with E-state index in [-0.39, 0.29) is 23.2 Å². The van der Waals surface area contributed by atoms with Crippen LogP contribution in [0.5, 0.6) is 0 Å². The smallest absolute Gasteiger partial charge is 0.276 e. The first kappa shape index (κ1) is 21.6. The summed E-state index contributed by atoms with van der Waals surface area (Å²) in [5, 5.41) is 10.9. The van der Waals surface area contributed by atoms with Crippen LogP contribution in [0.15, 0.2) is 42.6 Å². The lowest BCUT2D eigenvalue weighted by Gasteiger charge is -2.31. The van der Waals surface area contributed by atoms with E-state index in [0.717, 1.165) is 28.9 Å². The van der Waals surface area contributed by atoms with Gasteiger partial charge in [0.05, 0.1) is 11.9 Å². The van der Waals surface area contributed by atoms with Crippen molar-refractivity contribution in [3.8, 4) is 5.69 Å². The van der Waals surface area contributed by atoms with E-state index in [1.165, 1.54) is 6.07 Å². The van der Waals surface area contributed by atoms with Crippen LogP contribution in [0, 0.1) is 25.5 Å². The molecule has 32 heavy (non-hydrogen) atoms. The lowest BCUT2D eigenvalue weighted by atomic mass is 10.0. The van der Waals surface area contributed by atoms with Gasteiger partial charge in [0.2, 0.25) is 0 Å².